The summed E-state index contributed by atoms with van der Waals surface area (Å²) >= 11 is 0. The van der Waals surface area contributed by atoms with E-state index in [1.165, 1.54) is 18.6 Å². The maximum atomic E-state index is 4.44. The summed E-state index contributed by atoms with van der Waals surface area (Å²) in [4.78, 5) is 0. The molecule has 0 aromatic heterocycles. The lowest BCUT2D eigenvalue weighted by Crippen LogP contribution is -2.18. The van der Waals surface area contributed by atoms with Crippen LogP contribution in [0.1, 0.15) is 26.7 Å². The lowest BCUT2D eigenvalue weighted by molar-refractivity contribution is 0.487. The smallest absolute Gasteiger partial charge is 0.0633 e. The summed E-state index contributed by atoms with van der Waals surface area (Å²) in [6, 6.07) is 0. The van der Waals surface area contributed by atoms with Gasteiger partial charge in [-0.2, -0.15) is 5.10 Å². The maximum Gasteiger partial charge on any atom is 0.0633 e. The van der Waals surface area contributed by atoms with Crippen molar-refractivity contribution in [1.82, 2.24) is 5.43 Å². The van der Waals surface area contributed by atoms with Gasteiger partial charge in [0, 0.05) is 17.9 Å². The van der Waals surface area contributed by atoms with Crippen molar-refractivity contribution in [3.8, 4) is 0 Å². The van der Waals surface area contributed by atoms with Crippen molar-refractivity contribution >= 4 is 5.71 Å². The van der Waals surface area contributed by atoms with Gasteiger partial charge in [-0.1, -0.05) is 19.4 Å². The lowest BCUT2D eigenvalue weighted by Gasteiger charge is -2.06. The van der Waals surface area contributed by atoms with E-state index in [0.29, 0.717) is 5.41 Å². The highest BCUT2D eigenvalue weighted by Crippen LogP contribution is 2.58. The van der Waals surface area contributed by atoms with Gasteiger partial charge >= 0.3 is 0 Å². The summed E-state index contributed by atoms with van der Waals surface area (Å²) in [5.41, 5.74) is 6.56. The Kier molecular flexibility index (Phi) is 1.27. The summed E-state index contributed by atoms with van der Waals surface area (Å²) in [6.45, 7) is 5.68. The van der Waals surface area contributed by atoms with Gasteiger partial charge in [0.1, 0.15) is 0 Å². The van der Waals surface area contributed by atoms with Crippen molar-refractivity contribution in [2.24, 2.45) is 22.4 Å². The topological polar surface area (TPSA) is 24.4 Å². The Morgan fingerprint density at radius 1 is 1.54 bits per heavy atom. The van der Waals surface area contributed by atoms with E-state index >= 15 is 0 Å². The number of fused-ring (bicyclic) bond motifs is 1. The molecule has 0 bridgehead atoms. The van der Waals surface area contributed by atoms with Crippen LogP contribution in [0.2, 0.25) is 0 Å². The first-order valence-corrected chi connectivity index (χ1v) is 5.24. The van der Waals surface area contributed by atoms with E-state index < -0.39 is 0 Å². The highest BCUT2D eigenvalue weighted by atomic mass is 15.3. The van der Waals surface area contributed by atoms with Crippen LogP contribution < -0.4 is 5.43 Å². The molecule has 2 atom stereocenters. The highest BCUT2D eigenvalue weighted by Gasteiger charge is 2.53. The van der Waals surface area contributed by atoms with Gasteiger partial charge in [0.25, 0.3) is 0 Å². The summed E-state index contributed by atoms with van der Waals surface area (Å²) < 4.78 is 0. The van der Waals surface area contributed by atoms with Crippen molar-refractivity contribution in [1.29, 1.82) is 0 Å². The molecule has 70 valence electrons. The van der Waals surface area contributed by atoms with Crippen LogP contribution in [0, 0.1) is 17.3 Å². The van der Waals surface area contributed by atoms with E-state index in [9.17, 15) is 0 Å². The third-order valence-corrected chi connectivity index (χ3v) is 3.95. The fraction of sp³-hybridized carbons (Fsp3) is 0.727. The molecule has 3 aliphatic rings. The third-order valence-electron chi connectivity index (χ3n) is 3.95. The second kappa shape index (κ2) is 2.17. The first-order valence-electron chi connectivity index (χ1n) is 5.24. The van der Waals surface area contributed by atoms with Gasteiger partial charge in [-0.25, -0.2) is 0 Å². The minimum Gasteiger partial charge on any atom is -0.309 e. The Hall–Kier alpha value is -0.790. The first kappa shape index (κ1) is 7.60. The zero-order valence-corrected chi connectivity index (χ0v) is 8.30. The van der Waals surface area contributed by atoms with Gasteiger partial charge in [0.05, 0.1) is 5.71 Å². The number of nitrogens with one attached hydrogen (secondary N) is 1. The molecule has 0 saturated heterocycles. The third kappa shape index (κ3) is 0.976. The average Bonchev–Trinajstić information content (AvgIpc) is 2.94. The molecule has 0 amide bonds. The molecular formula is C11H16N2. The molecule has 2 aliphatic carbocycles. The van der Waals surface area contributed by atoms with E-state index in [0.717, 1.165) is 18.4 Å². The number of nitrogens with zero attached hydrogens (tertiary/aromatic N) is 1. The molecule has 1 heterocycles. The quantitative estimate of drug-likeness (QED) is 0.648. The molecule has 2 fully saturated rings. The first-order chi connectivity index (χ1) is 6.22. The predicted octanol–water partition coefficient (Wildman–Crippen LogP) is 1.94. The summed E-state index contributed by atoms with van der Waals surface area (Å²) in [5, 5.41) is 4.44. The Morgan fingerprint density at radius 2 is 2.31 bits per heavy atom. The van der Waals surface area contributed by atoms with E-state index in [1.807, 2.05) is 0 Å². The number of allylic oxidation sites excluding steroid dienone is 1. The van der Waals surface area contributed by atoms with Crippen molar-refractivity contribution in [3.05, 3.63) is 11.6 Å². The van der Waals surface area contributed by atoms with Crippen molar-refractivity contribution in [2.45, 2.75) is 26.7 Å². The zero-order valence-electron chi connectivity index (χ0n) is 8.30. The molecule has 0 aromatic carbocycles. The summed E-state index contributed by atoms with van der Waals surface area (Å²) in [6.07, 6.45) is 5.03. The highest BCUT2D eigenvalue weighted by molar-refractivity contribution is 5.99. The van der Waals surface area contributed by atoms with E-state index in [4.69, 9.17) is 0 Å². The molecular weight excluding hydrogens is 160 g/mol. The molecule has 3 rings (SSSR count). The zero-order chi connectivity index (χ0) is 9.05. The monoisotopic (exact) mass is 176 g/mol. The van der Waals surface area contributed by atoms with Crippen molar-refractivity contribution in [3.63, 3.8) is 0 Å². The molecule has 2 saturated carbocycles. The predicted molar refractivity (Wildman–Crippen MR) is 53.5 cm³/mol. The molecule has 13 heavy (non-hydrogen) atoms. The van der Waals surface area contributed by atoms with E-state index in [2.05, 4.69) is 30.5 Å². The largest absolute Gasteiger partial charge is 0.309 e. The van der Waals surface area contributed by atoms with Gasteiger partial charge < -0.3 is 5.43 Å². The van der Waals surface area contributed by atoms with Gasteiger partial charge in [-0.15, -0.1) is 0 Å². The lowest BCUT2D eigenvalue weighted by atomic mass is 10.1. The summed E-state index contributed by atoms with van der Waals surface area (Å²) in [7, 11) is 0. The van der Waals surface area contributed by atoms with Gasteiger partial charge in [-0.05, 0) is 24.8 Å². The number of hydrogen-bond donors (Lipinski definition) is 1. The molecule has 0 aromatic rings. The normalized spacial score (nSPS) is 42.5. The number of hydrazone groups is 1. The molecule has 0 radical (unpaired) electrons. The van der Waals surface area contributed by atoms with Crippen molar-refractivity contribution in [2.75, 3.05) is 6.54 Å². The minimum atomic E-state index is 0.417. The Bertz CT molecular complexity index is 312. The van der Waals surface area contributed by atoms with Crippen LogP contribution in [0.25, 0.3) is 0 Å². The molecule has 2 nitrogen and oxygen atoms in total. The van der Waals surface area contributed by atoms with E-state index in [-0.39, 0.29) is 0 Å². The fourth-order valence-electron chi connectivity index (χ4n) is 2.34. The van der Waals surface area contributed by atoms with Gasteiger partial charge in [-0.3, -0.25) is 0 Å². The van der Waals surface area contributed by atoms with E-state index in [1.54, 1.807) is 5.57 Å². The van der Waals surface area contributed by atoms with Gasteiger partial charge in [0.15, 0.2) is 0 Å². The maximum absolute atomic E-state index is 4.44. The molecule has 1 unspecified atom stereocenters. The van der Waals surface area contributed by atoms with Crippen LogP contribution in [0.4, 0.5) is 0 Å². The van der Waals surface area contributed by atoms with Gasteiger partial charge in [0.2, 0.25) is 0 Å². The van der Waals surface area contributed by atoms with Crippen LogP contribution in [-0.4, -0.2) is 12.3 Å². The second-order valence-corrected chi connectivity index (χ2v) is 4.88. The Morgan fingerprint density at radius 3 is 3.00 bits per heavy atom. The summed E-state index contributed by atoms with van der Waals surface area (Å²) in [5.74, 6) is 1.54. The van der Waals surface area contributed by atoms with Crippen molar-refractivity contribution < 1.29 is 0 Å². The molecule has 1 N–H and O–H groups in total. The fourth-order valence-corrected chi connectivity index (χ4v) is 2.34. The standard InChI is InChI=1S/C11H16N2/c1-7-9-5-10(8-3-4-8)13-12-6-11(7,9)2/h5,7-8,12H,3-4,6H2,1-2H3/t7?,11-/m1/s1. The minimum absolute atomic E-state index is 0.417. The molecule has 2 heteroatoms. The Labute approximate surface area is 79.1 Å². The van der Waals surface area contributed by atoms with Crippen LogP contribution in [-0.2, 0) is 0 Å². The SMILES string of the molecule is CC1C2=CC(C3CC3)=NNC[C@@]21C. The van der Waals surface area contributed by atoms with Crippen LogP contribution in [0.5, 0.6) is 0 Å². The number of hydrogen-bond acceptors (Lipinski definition) is 2. The number of rotatable bonds is 1. The second-order valence-electron chi connectivity index (χ2n) is 4.88. The molecule has 1 aliphatic heterocycles. The van der Waals surface area contributed by atoms with Crippen LogP contribution in [0.3, 0.4) is 0 Å². The Balaban J connectivity index is 1.92. The van der Waals surface area contributed by atoms with Crippen LogP contribution >= 0.6 is 0 Å². The van der Waals surface area contributed by atoms with Crippen LogP contribution in [0.15, 0.2) is 16.8 Å². The average molecular weight is 176 g/mol. The molecule has 0 spiro atoms.